The highest BCUT2D eigenvalue weighted by Crippen LogP contribution is 2.18. The molecule has 3 nitrogen and oxygen atoms in total. The van der Waals surface area contributed by atoms with Crippen molar-refractivity contribution in [3.8, 4) is 0 Å². The molecule has 0 radical (unpaired) electrons. The number of nitrogens with two attached hydrogens (primary N) is 1. The predicted octanol–water partition coefficient (Wildman–Crippen LogP) is 3.04. The average molecular weight is 308 g/mol. The van der Waals surface area contributed by atoms with Gasteiger partial charge in [-0.3, -0.25) is 4.79 Å². The van der Waals surface area contributed by atoms with Gasteiger partial charge < -0.3 is 10.6 Å². The Hall–Kier alpha value is -2.13. The molecular formula is C20H24N2O. The number of carbonyl (C=O) groups excluding carboxylic acids is 1. The highest BCUT2D eigenvalue weighted by molar-refractivity contribution is 5.95. The van der Waals surface area contributed by atoms with Gasteiger partial charge in [-0.2, -0.15) is 0 Å². The maximum absolute atomic E-state index is 12.8. The van der Waals surface area contributed by atoms with Gasteiger partial charge in [0.25, 0.3) is 5.91 Å². The summed E-state index contributed by atoms with van der Waals surface area (Å²) in [6, 6.07) is 18.7. The maximum Gasteiger partial charge on any atom is 0.254 e. The number of carbonyl (C=O) groups is 1. The van der Waals surface area contributed by atoms with Crippen LogP contribution in [0.3, 0.4) is 0 Å². The largest absolute Gasteiger partial charge is 0.339 e. The molecule has 2 aromatic rings. The Morgan fingerprint density at radius 2 is 1.61 bits per heavy atom. The van der Waals surface area contributed by atoms with Crippen LogP contribution in [-0.4, -0.2) is 29.9 Å². The van der Waals surface area contributed by atoms with Gasteiger partial charge in [-0.1, -0.05) is 48.5 Å². The van der Waals surface area contributed by atoms with Crippen molar-refractivity contribution in [2.45, 2.75) is 31.7 Å². The van der Waals surface area contributed by atoms with Crippen molar-refractivity contribution in [3.63, 3.8) is 0 Å². The minimum absolute atomic E-state index is 0.153. The summed E-state index contributed by atoms with van der Waals surface area (Å²) in [4.78, 5) is 14.8. The third-order valence-electron chi connectivity index (χ3n) is 4.60. The zero-order valence-corrected chi connectivity index (χ0v) is 13.4. The van der Waals surface area contributed by atoms with Crippen molar-refractivity contribution in [1.29, 1.82) is 0 Å². The Morgan fingerprint density at radius 3 is 2.35 bits per heavy atom. The predicted molar refractivity (Wildman–Crippen MR) is 93.4 cm³/mol. The molecule has 0 unspecified atom stereocenters. The van der Waals surface area contributed by atoms with Gasteiger partial charge in [0.2, 0.25) is 0 Å². The normalized spacial score (nSPS) is 15.6. The molecule has 23 heavy (non-hydrogen) atoms. The maximum atomic E-state index is 12.8. The number of rotatable bonds is 4. The Morgan fingerprint density at radius 1 is 0.957 bits per heavy atom. The summed E-state index contributed by atoms with van der Waals surface area (Å²) < 4.78 is 0. The summed E-state index contributed by atoms with van der Waals surface area (Å²) in [5.74, 6) is 0.153. The third-order valence-corrected chi connectivity index (χ3v) is 4.60. The van der Waals surface area contributed by atoms with Gasteiger partial charge in [0.15, 0.2) is 0 Å². The summed E-state index contributed by atoms with van der Waals surface area (Å²) >= 11 is 0. The van der Waals surface area contributed by atoms with E-state index in [1.807, 2.05) is 29.2 Å². The molecule has 0 atom stereocenters. The van der Waals surface area contributed by atoms with Crippen molar-refractivity contribution in [2.75, 3.05) is 13.1 Å². The Labute approximate surface area is 138 Å². The summed E-state index contributed by atoms with van der Waals surface area (Å²) in [5.41, 5.74) is 9.23. The summed E-state index contributed by atoms with van der Waals surface area (Å²) in [7, 11) is 0. The van der Waals surface area contributed by atoms with Crippen LogP contribution in [0.2, 0.25) is 0 Å². The van der Waals surface area contributed by atoms with Gasteiger partial charge in [0, 0.05) is 24.7 Å². The topological polar surface area (TPSA) is 46.3 Å². The SMILES string of the molecule is NC1CCN(C(=O)c2ccccc2CCc2ccccc2)CC1. The molecule has 0 aliphatic carbocycles. The smallest absolute Gasteiger partial charge is 0.254 e. The van der Waals surface area contributed by atoms with Crippen LogP contribution in [0.25, 0.3) is 0 Å². The molecule has 3 heteroatoms. The summed E-state index contributed by atoms with van der Waals surface area (Å²) in [6.07, 6.45) is 3.64. The number of likely N-dealkylation sites (tertiary alicyclic amines) is 1. The monoisotopic (exact) mass is 308 g/mol. The minimum atomic E-state index is 0.153. The van der Waals surface area contributed by atoms with Crippen molar-refractivity contribution in [2.24, 2.45) is 5.73 Å². The van der Waals surface area contributed by atoms with E-state index in [-0.39, 0.29) is 11.9 Å². The quantitative estimate of drug-likeness (QED) is 0.943. The second-order valence-electron chi connectivity index (χ2n) is 6.27. The second kappa shape index (κ2) is 7.42. The standard InChI is InChI=1S/C20H24N2O/c21-18-12-14-22(15-13-18)20(23)19-9-5-4-8-17(19)11-10-16-6-2-1-3-7-16/h1-9,18H,10-15,21H2. The highest BCUT2D eigenvalue weighted by Gasteiger charge is 2.23. The molecule has 0 bridgehead atoms. The summed E-state index contributed by atoms with van der Waals surface area (Å²) in [5, 5.41) is 0. The van der Waals surface area contributed by atoms with Crippen LogP contribution >= 0.6 is 0 Å². The Kier molecular flexibility index (Phi) is 5.09. The van der Waals surface area contributed by atoms with Crippen LogP contribution in [0.1, 0.15) is 34.3 Å². The molecule has 1 fully saturated rings. The van der Waals surface area contributed by atoms with E-state index in [1.54, 1.807) is 0 Å². The molecule has 1 saturated heterocycles. The molecule has 1 heterocycles. The number of hydrogen-bond acceptors (Lipinski definition) is 2. The molecule has 3 rings (SSSR count). The van der Waals surface area contributed by atoms with Gasteiger partial charge in [-0.25, -0.2) is 0 Å². The number of amides is 1. The molecule has 2 N–H and O–H groups in total. The highest BCUT2D eigenvalue weighted by atomic mass is 16.2. The minimum Gasteiger partial charge on any atom is -0.339 e. The number of aryl methyl sites for hydroxylation is 2. The fourth-order valence-electron chi connectivity index (χ4n) is 3.14. The van der Waals surface area contributed by atoms with Crippen LogP contribution in [0.5, 0.6) is 0 Å². The molecule has 1 aliphatic rings. The number of benzene rings is 2. The average Bonchev–Trinajstić information content (AvgIpc) is 2.61. The molecule has 120 valence electrons. The molecule has 1 aliphatic heterocycles. The van der Waals surface area contributed by atoms with E-state index in [9.17, 15) is 4.79 Å². The van der Waals surface area contributed by atoms with Gasteiger partial charge >= 0.3 is 0 Å². The van der Waals surface area contributed by atoms with E-state index in [2.05, 4.69) is 30.3 Å². The first-order valence-corrected chi connectivity index (χ1v) is 8.41. The van der Waals surface area contributed by atoms with E-state index in [0.29, 0.717) is 0 Å². The molecular weight excluding hydrogens is 284 g/mol. The van der Waals surface area contributed by atoms with Gasteiger partial charge in [-0.05, 0) is 42.9 Å². The van der Waals surface area contributed by atoms with E-state index >= 15 is 0 Å². The van der Waals surface area contributed by atoms with E-state index < -0.39 is 0 Å². The summed E-state index contributed by atoms with van der Waals surface area (Å²) in [6.45, 7) is 1.54. The lowest BCUT2D eigenvalue weighted by molar-refractivity contribution is 0.0713. The molecule has 0 spiro atoms. The van der Waals surface area contributed by atoms with Crippen LogP contribution in [0.15, 0.2) is 54.6 Å². The second-order valence-corrected chi connectivity index (χ2v) is 6.27. The van der Waals surface area contributed by atoms with Crippen molar-refractivity contribution >= 4 is 5.91 Å². The molecule has 0 saturated carbocycles. The number of piperidine rings is 1. The van der Waals surface area contributed by atoms with Crippen molar-refractivity contribution < 1.29 is 4.79 Å². The lowest BCUT2D eigenvalue weighted by Crippen LogP contribution is -2.43. The first-order valence-electron chi connectivity index (χ1n) is 8.41. The lowest BCUT2D eigenvalue weighted by atomic mass is 9.98. The zero-order valence-electron chi connectivity index (χ0n) is 13.4. The lowest BCUT2D eigenvalue weighted by Gasteiger charge is -2.30. The van der Waals surface area contributed by atoms with Gasteiger partial charge in [0.1, 0.15) is 0 Å². The van der Waals surface area contributed by atoms with Gasteiger partial charge in [-0.15, -0.1) is 0 Å². The third kappa shape index (κ3) is 3.99. The zero-order chi connectivity index (χ0) is 16.1. The first kappa shape index (κ1) is 15.8. The van der Waals surface area contributed by atoms with Crippen molar-refractivity contribution in [1.82, 2.24) is 4.90 Å². The Bertz CT molecular complexity index is 646. The van der Waals surface area contributed by atoms with Crippen LogP contribution < -0.4 is 5.73 Å². The van der Waals surface area contributed by atoms with E-state index in [1.165, 1.54) is 5.56 Å². The molecule has 2 aromatic carbocycles. The fourth-order valence-corrected chi connectivity index (χ4v) is 3.14. The van der Waals surface area contributed by atoms with Crippen molar-refractivity contribution in [3.05, 3.63) is 71.3 Å². The first-order chi connectivity index (χ1) is 11.2. The molecule has 0 aromatic heterocycles. The van der Waals surface area contributed by atoms with E-state index in [4.69, 9.17) is 5.73 Å². The molecule has 1 amide bonds. The number of hydrogen-bond donors (Lipinski definition) is 1. The van der Waals surface area contributed by atoms with Crippen LogP contribution in [-0.2, 0) is 12.8 Å². The number of nitrogens with zero attached hydrogens (tertiary/aromatic N) is 1. The Balaban J connectivity index is 1.71. The fraction of sp³-hybridized carbons (Fsp3) is 0.350. The van der Waals surface area contributed by atoms with Crippen LogP contribution in [0.4, 0.5) is 0 Å². The van der Waals surface area contributed by atoms with Gasteiger partial charge in [0.05, 0.1) is 0 Å². The van der Waals surface area contributed by atoms with E-state index in [0.717, 1.165) is 49.9 Å². The van der Waals surface area contributed by atoms with Crippen LogP contribution in [0, 0.1) is 0 Å².